The first-order valence-corrected chi connectivity index (χ1v) is 11.8. The third-order valence-electron chi connectivity index (χ3n) is 6.25. The summed E-state index contributed by atoms with van der Waals surface area (Å²) in [5.74, 6) is 1.31. The monoisotopic (exact) mass is 494 g/mol. The van der Waals surface area contributed by atoms with Gasteiger partial charge in [-0.15, -0.1) is 0 Å². The number of carbonyl (C=O) groups is 2. The van der Waals surface area contributed by atoms with Crippen LogP contribution < -0.4 is 21.1 Å². The fourth-order valence-corrected chi connectivity index (χ4v) is 4.53. The summed E-state index contributed by atoms with van der Waals surface area (Å²) in [6, 6.07) is 17.0. The van der Waals surface area contributed by atoms with E-state index in [9.17, 15) is 9.59 Å². The van der Waals surface area contributed by atoms with Crippen LogP contribution in [-0.4, -0.2) is 38.9 Å². The molecule has 4 N–H and O–H groups in total. The van der Waals surface area contributed by atoms with Crippen LogP contribution in [0.2, 0.25) is 0 Å². The molecule has 1 atom stereocenters. The first-order chi connectivity index (χ1) is 18.0. The molecule has 186 valence electrons. The number of benzene rings is 2. The zero-order valence-electron chi connectivity index (χ0n) is 20.1. The highest BCUT2D eigenvalue weighted by Crippen LogP contribution is 2.44. The molecule has 0 saturated carbocycles. The number of rotatable bonds is 8. The molecule has 0 fully saturated rings. The SMILES string of the molecule is C=CC(=O)NCCC(=O)NC1Cn2c(c(-c3ccc(Oc4ccccc4)cc3)c3c(N)ncnc32)C1=C. The van der Waals surface area contributed by atoms with E-state index in [1.165, 1.54) is 12.4 Å². The summed E-state index contributed by atoms with van der Waals surface area (Å²) < 4.78 is 7.96. The molecule has 1 unspecified atom stereocenters. The summed E-state index contributed by atoms with van der Waals surface area (Å²) in [5.41, 5.74) is 10.4. The van der Waals surface area contributed by atoms with Crippen LogP contribution in [0.15, 0.2) is 80.2 Å². The van der Waals surface area contributed by atoms with Gasteiger partial charge in [0.1, 0.15) is 29.3 Å². The van der Waals surface area contributed by atoms with Crippen molar-refractivity contribution in [1.29, 1.82) is 0 Å². The number of nitrogen functional groups attached to an aromatic ring is 1. The molecule has 4 aromatic rings. The summed E-state index contributed by atoms with van der Waals surface area (Å²) >= 11 is 0. The second kappa shape index (κ2) is 9.98. The molecule has 2 amide bonds. The van der Waals surface area contributed by atoms with Gasteiger partial charge in [-0.1, -0.05) is 43.5 Å². The molecule has 1 aliphatic rings. The Hall–Kier alpha value is -4.92. The third kappa shape index (κ3) is 4.66. The lowest BCUT2D eigenvalue weighted by molar-refractivity contribution is -0.121. The standard InChI is InChI=1S/C28H26N6O3/c1-3-22(35)30-14-13-23(36)33-21-15-34-26(17(21)2)24(25-27(29)31-16-32-28(25)34)18-9-11-20(12-10-18)37-19-7-5-4-6-8-19/h3-12,16,21H,1-2,13-15H2,(H,30,35)(H,33,36)(H2,29,31,32). The summed E-state index contributed by atoms with van der Waals surface area (Å²) in [6.45, 7) is 8.39. The Morgan fingerprint density at radius 2 is 1.84 bits per heavy atom. The van der Waals surface area contributed by atoms with Gasteiger partial charge in [0.25, 0.3) is 0 Å². The van der Waals surface area contributed by atoms with Gasteiger partial charge in [-0.2, -0.15) is 0 Å². The van der Waals surface area contributed by atoms with Gasteiger partial charge in [0.2, 0.25) is 11.8 Å². The number of carbonyl (C=O) groups excluding carboxylic acids is 2. The number of fused-ring (bicyclic) bond motifs is 3. The number of nitrogens with zero attached hydrogens (tertiary/aromatic N) is 3. The molecule has 0 aliphatic carbocycles. The number of ether oxygens (including phenoxy) is 1. The topological polar surface area (TPSA) is 124 Å². The number of amides is 2. The molecular formula is C28H26N6O3. The predicted octanol–water partition coefficient (Wildman–Crippen LogP) is 3.68. The van der Waals surface area contributed by atoms with E-state index in [-0.39, 0.29) is 30.8 Å². The summed E-state index contributed by atoms with van der Waals surface area (Å²) in [7, 11) is 0. The van der Waals surface area contributed by atoms with E-state index in [0.29, 0.717) is 23.8 Å². The van der Waals surface area contributed by atoms with Crippen molar-refractivity contribution < 1.29 is 14.3 Å². The van der Waals surface area contributed by atoms with Gasteiger partial charge < -0.3 is 25.7 Å². The number of hydrogen-bond donors (Lipinski definition) is 3. The van der Waals surface area contributed by atoms with Crippen LogP contribution in [0.5, 0.6) is 11.5 Å². The lowest BCUT2D eigenvalue weighted by Crippen LogP contribution is -2.37. The van der Waals surface area contributed by atoms with E-state index in [2.05, 4.69) is 33.8 Å². The number of nitrogens with two attached hydrogens (primary N) is 1. The summed E-state index contributed by atoms with van der Waals surface area (Å²) in [4.78, 5) is 32.6. The number of anilines is 1. The first kappa shape index (κ1) is 23.8. The van der Waals surface area contributed by atoms with Crippen LogP contribution >= 0.6 is 0 Å². The Morgan fingerprint density at radius 1 is 1.11 bits per heavy atom. The summed E-state index contributed by atoms with van der Waals surface area (Å²) in [5, 5.41) is 6.37. The Bertz CT molecular complexity index is 1510. The maximum atomic E-state index is 12.5. The van der Waals surface area contributed by atoms with Gasteiger partial charge >= 0.3 is 0 Å². The minimum absolute atomic E-state index is 0.143. The van der Waals surface area contributed by atoms with Crippen LogP contribution in [0.4, 0.5) is 5.82 Å². The highest BCUT2D eigenvalue weighted by atomic mass is 16.5. The van der Waals surface area contributed by atoms with Crippen LogP contribution in [-0.2, 0) is 16.1 Å². The number of hydrogen-bond acceptors (Lipinski definition) is 6. The first-order valence-electron chi connectivity index (χ1n) is 11.8. The van der Waals surface area contributed by atoms with E-state index in [4.69, 9.17) is 10.5 Å². The Kier molecular flexibility index (Phi) is 6.42. The zero-order chi connectivity index (χ0) is 25.9. The number of aromatic nitrogens is 3. The Morgan fingerprint density at radius 3 is 2.57 bits per heavy atom. The highest BCUT2D eigenvalue weighted by molar-refractivity contribution is 6.07. The second-order valence-electron chi connectivity index (χ2n) is 8.62. The normalized spacial score (nSPS) is 14.3. The highest BCUT2D eigenvalue weighted by Gasteiger charge is 2.34. The van der Waals surface area contributed by atoms with Crippen LogP contribution in [0.3, 0.4) is 0 Å². The molecule has 0 saturated heterocycles. The molecule has 37 heavy (non-hydrogen) atoms. The average Bonchev–Trinajstić information content (AvgIpc) is 3.40. The molecule has 2 aromatic heterocycles. The smallest absolute Gasteiger partial charge is 0.243 e. The fourth-order valence-electron chi connectivity index (χ4n) is 4.53. The van der Waals surface area contributed by atoms with Crippen molar-refractivity contribution in [3.63, 3.8) is 0 Å². The molecule has 0 radical (unpaired) electrons. The third-order valence-corrected chi connectivity index (χ3v) is 6.25. The van der Waals surface area contributed by atoms with E-state index in [0.717, 1.165) is 33.5 Å². The minimum Gasteiger partial charge on any atom is -0.457 e. The zero-order valence-corrected chi connectivity index (χ0v) is 20.1. The van der Waals surface area contributed by atoms with Gasteiger partial charge in [0, 0.05) is 25.1 Å². The molecule has 3 heterocycles. The second-order valence-corrected chi connectivity index (χ2v) is 8.62. The maximum Gasteiger partial charge on any atom is 0.243 e. The van der Waals surface area contributed by atoms with Gasteiger partial charge in [0.05, 0.1) is 17.1 Å². The average molecular weight is 495 g/mol. The lowest BCUT2D eigenvalue weighted by atomic mass is 9.97. The summed E-state index contributed by atoms with van der Waals surface area (Å²) in [6.07, 6.45) is 2.75. The van der Waals surface area contributed by atoms with Crippen molar-refractivity contribution in [2.75, 3.05) is 12.3 Å². The van der Waals surface area contributed by atoms with E-state index >= 15 is 0 Å². The van der Waals surface area contributed by atoms with Gasteiger partial charge in [-0.3, -0.25) is 9.59 Å². The van der Waals surface area contributed by atoms with Crippen LogP contribution in [0, 0.1) is 0 Å². The number of para-hydroxylation sites is 1. The van der Waals surface area contributed by atoms with Crippen molar-refractivity contribution in [2.24, 2.45) is 0 Å². The van der Waals surface area contributed by atoms with E-state index < -0.39 is 0 Å². The van der Waals surface area contributed by atoms with Gasteiger partial charge in [0.15, 0.2) is 0 Å². The largest absolute Gasteiger partial charge is 0.457 e. The van der Waals surface area contributed by atoms with Gasteiger partial charge in [-0.25, -0.2) is 9.97 Å². The van der Waals surface area contributed by atoms with Gasteiger partial charge in [-0.05, 0) is 41.5 Å². The van der Waals surface area contributed by atoms with Crippen molar-refractivity contribution in [2.45, 2.75) is 19.0 Å². The van der Waals surface area contributed by atoms with E-state index in [1.54, 1.807) is 0 Å². The molecule has 0 spiro atoms. The maximum absolute atomic E-state index is 12.5. The molecule has 0 bridgehead atoms. The Balaban J connectivity index is 1.43. The minimum atomic E-state index is -0.322. The number of nitrogens with one attached hydrogen (secondary N) is 2. The van der Waals surface area contributed by atoms with Crippen LogP contribution in [0.25, 0.3) is 27.7 Å². The predicted molar refractivity (Wildman–Crippen MR) is 143 cm³/mol. The molecule has 9 nitrogen and oxygen atoms in total. The molecule has 2 aromatic carbocycles. The molecule has 5 rings (SSSR count). The van der Waals surface area contributed by atoms with Crippen LogP contribution in [0.1, 0.15) is 12.1 Å². The van der Waals surface area contributed by atoms with Crippen molar-refractivity contribution in [1.82, 2.24) is 25.2 Å². The van der Waals surface area contributed by atoms with Crippen molar-refractivity contribution in [3.8, 4) is 22.6 Å². The molecular weight excluding hydrogens is 468 g/mol. The molecule has 9 heteroatoms. The molecule has 1 aliphatic heterocycles. The van der Waals surface area contributed by atoms with Crippen molar-refractivity contribution >= 4 is 34.2 Å². The van der Waals surface area contributed by atoms with Crippen molar-refractivity contribution in [3.05, 3.63) is 85.9 Å². The lowest BCUT2D eigenvalue weighted by Gasteiger charge is -2.15. The Labute approximate surface area is 213 Å². The fraction of sp³-hybridized carbons (Fsp3) is 0.143. The quantitative estimate of drug-likeness (QED) is 0.321. The van der Waals surface area contributed by atoms with E-state index in [1.807, 2.05) is 59.2 Å².